The predicted octanol–water partition coefficient (Wildman–Crippen LogP) is 6.43. The molecule has 1 saturated heterocycles. The lowest BCUT2D eigenvalue weighted by molar-refractivity contribution is -0.138. The maximum Gasteiger partial charge on any atom is 0.418 e. The van der Waals surface area contributed by atoms with Crippen molar-refractivity contribution in [3.05, 3.63) is 53.6 Å². The fourth-order valence-corrected chi connectivity index (χ4v) is 5.79. The first kappa shape index (κ1) is 30.8. The van der Waals surface area contributed by atoms with Crippen LogP contribution in [0.5, 0.6) is 0 Å². The number of urea groups is 1. The van der Waals surface area contributed by atoms with Crippen LogP contribution in [0.2, 0.25) is 0 Å². The second-order valence-electron chi connectivity index (χ2n) is 12.3. The molecule has 0 radical (unpaired) electrons. The molecule has 3 N–H and O–H groups in total. The number of carbonyl (C=O) groups is 1. The first-order valence-corrected chi connectivity index (χ1v) is 14.2. The van der Waals surface area contributed by atoms with Crippen LogP contribution >= 0.6 is 0 Å². The Kier molecular flexibility index (Phi) is 9.28. The first-order chi connectivity index (χ1) is 19.2. The summed E-state index contributed by atoms with van der Waals surface area (Å²) in [5.41, 5.74) is 1.02. The fourth-order valence-electron chi connectivity index (χ4n) is 5.79. The van der Waals surface area contributed by atoms with Crippen molar-refractivity contribution in [3.8, 4) is 0 Å². The molecule has 41 heavy (non-hydrogen) atoms. The molecule has 0 atom stereocenters. The van der Waals surface area contributed by atoms with Gasteiger partial charge in [0, 0.05) is 57.2 Å². The summed E-state index contributed by atoms with van der Waals surface area (Å²) in [6, 6.07) is 12.1. The van der Waals surface area contributed by atoms with Crippen molar-refractivity contribution in [2.75, 3.05) is 55.2 Å². The molecule has 1 saturated carbocycles. The van der Waals surface area contributed by atoms with Gasteiger partial charge in [0.05, 0.1) is 5.56 Å². The quantitative estimate of drug-likeness (QED) is 0.343. The third kappa shape index (κ3) is 7.77. The molecule has 2 amide bonds. The molecule has 8 nitrogen and oxygen atoms in total. The Balaban J connectivity index is 1.22. The normalized spacial score (nSPS) is 20.1. The van der Waals surface area contributed by atoms with E-state index in [0.29, 0.717) is 25.6 Å². The van der Waals surface area contributed by atoms with Gasteiger partial charge in [-0.2, -0.15) is 13.2 Å². The second-order valence-corrected chi connectivity index (χ2v) is 12.3. The van der Waals surface area contributed by atoms with Crippen molar-refractivity contribution in [3.63, 3.8) is 0 Å². The van der Waals surface area contributed by atoms with Crippen molar-refractivity contribution < 1.29 is 28.4 Å². The van der Waals surface area contributed by atoms with Crippen LogP contribution in [0.25, 0.3) is 0 Å². The molecule has 2 aliphatic rings. The van der Waals surface area contributed by atoms with Crippen molar-refractivity contribution in [1.82, 2.24) is 9.80 Å². The van der Waals surface area contributed by atoms with Crippen LogP contribution in [-0.4, -0.2) is 72.1 Å². The van der Waals surface area contributed by atoms with Crippen LogP contribution in [0.1, 0.15) is 57.6 Å². The van der Waals surface area contributed by atoms with E-state index in [0.717, 1.165) is 50.9 Å². The standard InChI is InChI=1S/C30H42F3N5O3/c1-29(2,3)22-7-12-25(13-8-22)36-15-17-37(18-16-36)28(39)35(4)20-21-5-9-23(10-6-21)34-24-11-14-27(38(40)41)26(19-24)30(31,32)33/h7-8,11-14,19,21,23,34,40-41H,5-6,9-10,15-18,20H2,1-4H3. The van der Waals surface area contributed by atoms with Crippen molar-refractivity contribution >= 4 is 23.1 Å². The zero-order valence-corrected chi connectivity index (χ0v) is 24.3. The Morgan fingerprint density at radius 1 is 0.951 bits per heavy atom. The molecule has 1 aliphatic heterocycles. The van der Waals surface area contributed by atoms with E-state index >= 15 is 0 Å². The Morgan fingerprint density at radius 2 is 1.56 bits per heavy atom. The molecule has 4 rings (SSSR count). The zero-order valence-electron chi connectivity index (χ0n) is 24.3. The molecule has 226 valence electrons. The number of amides is 2. The lowest BCUT2D eigenvalue weighted by atomic mass is 9.85. The highest BCUT2D eigenvalue weighted by Gasteiger charge is 2.36. The number of piperazine rings is 1. The average Bonchev–Trinajstić information content (AvgIpc) is 2.93. The molecule has 0 aromatic heterocycles. The molecule has 0 unspecified atom stereocenters. The van der Waals surface area contributed by atoms with E-state index < -0.39 is 22.7 Å². The summed E-state index contributed by atoms with van der Waals surface area (Å²) in [6.07, 6.45) is -1.46. The van der Waals surface area contributed by atoms with E-state index in [2.05, 4.69) is 55.3 Å². The number of hydrogen-bond acceptors (Lipinski definition) is 6. The molecule has 2 fully saturated rings. The monoisotopic (exact) mass is 577 g/mol. The van der Waals surface area contributed by atoms with Crippen LogP contribution in [0.4, 0.5) is 35.0 Å². The predicted molar refractivity (Wildman–Crippen MR) is 154 cm³/mol. The summed E-state index contributed by atoms with van der Waals surface area (Å²) >= 11 is 0. The van der Waals surface area contributed by atoms with Gasteiger partial charge in [-0.15, -0.1) is 5.23 Å². The van der Waals surface area contributed by atoms with E-state index in [4.69, 9.17) is 10.4 Å². The summed E-state index contributed by atoms with van der Waals surface area (Å²) in [5.74, 6) is 0.329. The van der Waals surface area contributed by atoms with Gasteiger partial charge in [-0.3, -0.25) is 10.4 Å². The molecule has 2 aromatic rings. The van der Waals surface area contributed by atoms with Crippen LogP contribution in [0.15, 0.2) is 42.5 Å². The maximum absolute atomic E-state index is 13.4. The summed E-state index contributed by atoms with van der Waals surface area (Å²) in [7, 11) is 1.84. The minimum atomic E-state index is -4.73. The number of halogens is 3. The number of nitrogens with zero attached hydrogens (tertiary/aromatic N) is 4. The summed E-state index contributed by atoms with van der Waals surface area (Å²) in [5, 5.41) is 20.9. The second kappa shape index (κ2) is 12.4. The molecular weight excluding hydrogens is 535 g/mol. The average molecular weight is 578 g/mol. The maximum atomic E-state index is 13.4. The van der Waals surface area contributed by atoms with E-state index in [1.165, 1.54) is 17.3 Å². The summed E-state index contributed by atoms with van der Waals surface area (Å²) in [6.45, 7) is 10.2. The largest absolute Gasteiger partial charge is 0.418 e. The first-order valence-electron chi connectivity index (χ1n) is 14.2. The van der Waals surface area contributed by atoms with Gasteiger partial charge in [0.1, 0.15) is 5.69 Å². The van der Waals surface area contributed by atoms with Crippen molar-refractivity contribution in [2.24, 2.45) is 5.92 Å². The Hall–Kier alpha value is -3.18. The number of rotatable bonds is 6. The highest BCUT2D eigenvalue weighted by Crippen LogP contribution is 2.38. The van der Waals surface area contributed by atoms with Gasteiger partial charge in [-0.25, -0.2) is 4.79 Å². The van der Waals surface area contributed by atoms with Gasteiger partial charge < -0.3 is 20.0 Å². The van der Waals surface area contributed by atoms with Crippen LogP contribution in [0.3, 0.4) is 0 Å². The summed E-state index contributed by atoms with van der Waals surface area (Å²) < 4.78 is 40.1. The van der Waals surface area contributed by atoms with Crippen molar-refractivity contribution in [2.45, 2.75) is 64.1 Å². The number of carbonyl (C=O) groups excluding carboxylic acids is 1. The van der Waals surface area contributed by atoms with E-state index in [1.807, 2.05) is 11.9 Å². The van der Waals surface area contributed by atoms with Crippen molar-refractivity contribution in [1.29, 1.82) is 0 Å². The van der Waals surface area contributed by atoms with Gasteiger partial charge >= 0.3 is 12.2 Å². The fraction of sp³-hybridized carbons (Fsp3) is 0.567. The molecule has 11 heteroatoms. The Labute approximate surface area is 240 Å². The minimum absolute atomic E-state index is 0.00379. The van der Waals surface area contributed by atoms with Gasteiger partial charge in [0.25, 0.3) is 0 Å². The lowest BCUT2D eigenvalue weighted by Gasteiger charge is -2.39. The minimum Gasteiger partial charge on any atom is -0.382 e. The molecular formula is C30H42F3N5O3. The van der Waals surface area contributed by atoms with Crippen LogP contribution < -0.4 is 15.4 Å². The van der Waals surface area contributed by atoms with Gasteiger partial charge in [-0.05, 0) is 72.9 Å². The number of benzene rings is 2. The highest BCUT2D eigenvalue weighted by atomic mass is 19.4. The number of hydrogen-bond donors (Lipinski definition) is 3. The number of anilines is 3. The molecule has 2 aromatic carbocycles. The number of alkyl halides is 3. The molecule has 1 heterocycles. The smallest absolute Gasteiger partial charge is 0.382 e. The SMILES string of the molecule is CN(CC1CCC(Nc2ccc(N(O)O)c(C(F)(F)F)c2)CC1)C(=O)N1CCN(c2ccc(C(C)(C)C)cc2)CC1. The lowest BCUT2D eigenvalue weighted by Crippen LogP contribution is -2.52. The van der Waals surface area contributed by atoms with E-state index in [1.54, 1.807) is 4.90 Å². The third-order valence-corrected chi connectivity index (χ3v) is 8.24. The molecule has 0 spiro atoms. The van der Waals surface area contributed by atoms with E-state index in [-0.39, 0.29) is 23.2 Å². The molecule has 0 bridgehead atoms. The highest BCUT2D eigenvalue weighted by molar-refractivity contribution is 5.74. The van der Waals surface area contributed by atoms with Gasteiger partial charge in [0.15, 0.2) is 0 Å². The Morgan fingerprint density at radius 3 is 2.10 bits per heavy atom. The topological polar surface area (TPSA) is 82.5 Å². The summed E-state index contributed by atoms with van der Waals surface area (Å²) in [4.78, 5) is 19.2. The molecule has 1 aliphatic carbocycles. The van der Waals surface area contributed by atoms with Gasteiger partial charge in [-0.1, -0.05) is 32.9 Å². The van der Waals surface area contributed by atoms with Crippen LogP contribution in [0, 0.1) is 5.92 Å². The van der Waals surface area contributed by atoms with Gasteiger partial charge in [0.2, 0.25) is 0 Å². The van der Waals surface area contributed by atoms with Crippen LogP contribution in [-0.2, 0) is 11.6 Å². The zero-order chi connectivity index (χ0) is 29.9. The van der Waals surface area contributed by atoms with E-state index in [9.17, 15) is 18.0 Å². The number of nitrogens with one attached hydrogen (secondary N) is 1. The third-order valence-electron chi connectivity index (χ3n) is 8.24. The Bertz CT molecular complexity index is 1170.